The number of anilines is 2. The predicted molar refractivity (Wildman–Crippen MR) is 99.9 cm³/mol. The van der Waals surface area contributed by atoms with Crippen molar-refractivity contribution in [3.05, 3.63) is 83.3 Å². The van der Waals surface area contributed by atoms with Crippen molar-refractivity contribution >= 4 is 23.2 Å². The lowest BCUT2D eigenvalue weighted by Crippen LogP contribution is -2.28. The standard InChI is InChI=1S/C21H15F3N2O3/c22-21(23,24)16-5-2-1-4-15(16)19(27)25-14-8-7-13-9-10-26(17(13)12-14)20(28)18-6-3-11-29-18/h1-8,11-12H,9-10H2,(H,25,27). The van der Waals surface area contributed by atoms with Crippen LogP contribution in [0, 0.1) is 0 Å². The summed E-state index contributed by atoms with van der Waals surface area (Å²) < 4.78 is 44.7. The summed E-state index contributed by atoms with van der Waals surface area (Å²) in [5.41, 5.74) is 0.314. The first-order chi connectivity index (χ1) is 13.8. The van der Waals surface area contributed by atoms with Crippen LogP contribution in [0.1, 0.15) is 32.0 Å². The van der Waals surface area contributed by atoms with E-state index in [-0.39, 0.29) is 11.7 Å². The molecule has 2 heterocycles. The highest BCUT2D eigenvalue weighted by Gasteiger charge is 2.35. The van der Waals surface area contributed by atoms with Crippen molar-refractivity contribution in [3.63, 3.8) is 0 Å². The lowest BCUT2D eigenvalue weighted by molar-refractivity contribution is -0.137. The van der Waals surface area contributed by atoms with Crippen LogP contribution in [0.5, 0.6) is 0 Å². The van der Waals surface area contributed by atoms with Crippen molar-refractivity contribution < 1.29 is 27.2 Å². The van der Waals surface area contributed by atoms with Crippen LogP contribution in [-0.4, -0.2) is 18.4 Å². The van der Waals surface area contributed by atoms with Crippen LogP contribution in [0.15, 0.2) is 65.3 Å². The molecule has 1 aliphatic heterocycles. The van der Waals surface area contributed by atoms with E-state index in [1.54, 1.807) is 30.3 Å². The Balaban J connectivity index is 1.60. The molecule has 0 saturated heterocycles. The molecule has 0 spiro atoms. The van der Waals surface area contributed by atoms with Crippen molar-refractivity contribution in [3.8, 4) is 0 Å². The van der Waals surface area contributed by atoms with Crippen molar-refractivity contribution in [1.82, 2.24) is 0 Å². The van der Waals surface area contributed by atoms with Gasteiger partial charge in [-0.1, -0.05) is 18.2 Å². The Morgan fingerprint density at radius 1 is 1.03 bits per heavy atom. The maximum atomic E-state index is 13.2. The fourth-order valence-electron chi connectivity index (χ4n) is 3.33. The number of nitrogens with zero attached hydrogens (tertiary/aromatic N) is 1. The SMILES string of the molecule is O=C(Nc1ccc2c(c1)N(C(=O)c1ccco1)CC2)c1ccccc1C(F)(F)F. The first-order valence-electron chi connectivity index (χ1n) is 8.80. The Bertz CT molecular complexity index is 1080. The van der Waals surface area contributed by atoms with Gasteiger partial charge < -0.3 is 14.6 Å². The third-order valence-electron chi connectivity index (χ3n) is 4.69. The van der Waals surface area contributed by atoms with Gasteiger partial charge in [0.2, 0.25) is 0 Å². The number of hydrogen-bond donors (Lipinski definition) is 1. The number of carbonyl (C=O) groups is 2. The quantitative estimate of drug-likeness (QED) is 0.690. The van der Waals surface area contributed by atoms with Gasteiger partial charge in [0, 0.05) is 17.9 Å². The molecule has 0 atom stereocenters. The van der Waals surface area contributed by atoms with Crippen molar-refractivity contribution in [1.29, 1.82) is 0 Å². The minimum atomic E-state index is -4.64. The van der Waals surface area contributed by atoms with E-state index in [0.717, 1.165) is 17.7 Å². The van der Waals surface area contributed by atoms with Crippen LogP contribution in [0.4, 0.5) is 24.5 Å². The van der Waals surface area contributed by atoms with Gasteiger partial charge in [-0.15, -0.1) is 0 Å². The van der Waals surface area contributed by atoms with E-state index in [4.69, 9.17) is 4.42 Å². The van der Waals surface area contributed by atoms with E-state index >= 15 is 0 Å². The van der Waals surface area contributed by atoms with E-state index in [1.807, 2.05) is 0 Å². The first-order valence-corrected chi connectivity index (χ1v) is 8.80. The van der Waals surface area contributed by atoms with E-state index in [2.05, 4.69) is 5.32 Å². The Labute approximate surface area is 163 Å². The summed E-state index contributed by atoms with van der Waals surface area (Å²) in [7, 11) is 0. The molecule has 2 amide bonds. The smallest absolute Gasteiger partial charge is 0.417 e. The van der Waals surface area contributed by atoms with Crippen LogP contribution in [0.2, 0.25) is 0 Å². The minimum Gasteiger partial charge on any atom is -0.459 e. The van der Waals surface area contributed by atoms with Gasteiger partial charge in [-0.3, -0.25) is 9.59 Å². The van der Waals surface area contributed by atoms with Gasteiger partial charge in [-0.25, -0.2) is 0 Å². The summed E-state index contributed by atoms with van der Waals surface area (Å²) in [6, 6.07) is 12.7. The number of alkyl halides is 3. The number of carbonyl (C=O) groups excluding carboxylic acids is 2. The zero-order valence-corrected chi connectivity index (χ0v) is 15.0. The third-order valence-corrected chi connectivity index (χ3v) is 4.69. The summed E-state index contributed by atoms with van der Waals surface area (Å²) in [4.78, 5) is 26.6. The zero-order valence-electron chi connectivity index (χ0n) is 15.0. The van der Waals surface area contributed by atoms with Gasteiger partial charge in [-0.05, 0) is 48.4 Å². The third kappa shape index (κ3) is 3.61. The molecule has 1 aromatic heterocycles. The van der Waals surface area contributed by atoms with Crippen molar-refractivity contribution in [2.24, 2.45) is 0 Å². The average Bonchev–Trinajstić information content (AvgIpc) is 3.36. The molecule has 148 valence electrons. The number of benzene rings is 2. The molecular formula is C21H15F3N2O3. The van der Waals surface area contributed by atoms with Gasteiger partial charge >= 0.3 is 6.18 Å². The summed E-state index contributed by atoms with van der Waals surface area (Å²) in [6.07, 6.45) is -2.61. The number of halogens is 3. The monoisotopic (exact) mass is 400 g/mol. The fraction of sp³-hybridized carbons (Fsp3) is 0.143. The molecular weight excluding hydrogens is 385 g/mol. The lowest BCUT2D eigenvalue weighted by Gasteiger charge is -2.17. The van der Waals surface area contributed by atoms with Gasteiger partial charge in [0.25, 0.3) is 11.8 Å². The molecule has 4 rings (SSSR count). The van der Waals surface area contributed by atoms with E-state index in [1.165, 1.54) is 23.3 Å². The first kappa shape index (κ1) is 18.8. The Morgan fingerprint density at radius 2 is 1.83 bits per heavy atom. The molecule has 5 nitrogen and oxygen atoms in total. The Hall–Kier alpha value is -3.55. The van der Waals surface area contributed by atoms with Gasteiger partial charge in [-0.2, -0.15) is 13.2 Å². The molecule has 29 heavy (non-hydrogen) atoms. The normalized spacial score (nSPS) is 13.3. The second kappa shape index (κ2) is 7.12. The van der Waals surface area contributed by atoms with Crippen LogP contribution in [-0.2, 0) is 12.6 Å². The molecule has 0 saturated carbocycles. The highest BCUT2D eigenvalue weighted by molar-refractivity contribution is 6.08. The molecule has 8 heteroatoms. The number of nitrogens with one attached hydrogen (secondary N) is 1. The lowest BCUT2D eigenvalue weighted by atomic mass is 10.1. The predicted octanol–water partition coefficient (Wildman–Crippen LogP) is 4.75. The summed E-state index contributed by atoms with van der Waals surface area (Å²) in [5, 5.41) is 2.49. The van der Waals surface area contributed by atoms with Gasteiger partial charge in [0.05, 0.1) is 17.4 Å². The fourth-order valence-corrected chi connectivity index (χ4v) is 3.33. The molecule has 0 unspecified atom stereocenters. The second-order valence-corrected chi connectivity index (χ2v) is 6.53. The van der Waals surface area contributed by atoms with E-state index in [0.29, 0.717) is 24.3 Å². The molecule has 1 N–H and O–H groups in total. The highest BCUT2D eigenvalue weighted by atomic mass is 19.4. The second-order valence-electron chi connectivity index (χ2n) is 6.53. The number of amides is 2. The van der Waals surface area contributed by atoms with Crippen LogP contribution < -0.4 is 10.2 Å². The molecule has 1 aliphatic rings. The Kier molecular flexibility index (Phi) is 4.62. The van der Waals surface area contributed by atoms with Gasteiger partial charge in [0.1, 0.15) is 0 Å². The van der Waals surface area contributed by atoms with Crippen molar-refractivity contribution in [2.75, 3.05) is 16.8 Å². The highest BCUT2D eigenvalue weighted by Crippen LogP contribution is 2.34. The molecule has 3 aromatic rings. The summed E-state index contributed by atoms with van der Waals surface area (Å²) in [6.45, 7) is 0.448. The average molecular weight is 400 g/mol. The summed E-state index contributed by atoms with van der Waals surface area (Å²) in [5.74, 6) is -1.01. The minimum absolute atomic E-state index is 0.186. The maximum absolute atomic E-state index is 13.2. The molecule has 0 fully saturated rings. The molecule has 0 radical (unpaired) electrons. The van der Waals surface area contributed by atoms with Crippen LogP contribution in [0.25, 0.3) is 0 Å². The summed E-state index contributed by atoms with van der Waals surface area (Å²) >= 11 is 0. The maximum Gasteiger partial charge on any atom is 0.417 e. The Morgan fingerprint density at radius 3 is 2.55 bits per heavy atom. The topological polar surface area (TPSA) is 62.6 Å². The van der Waals surface area contributed by atoms with E-state index in [9.17, 15) is 22.8 Å². The van der Waals surface area contributed by atoms with E-state index < -0.39 is 23.2 Å². The molecule has 2 aromatic carbocycles. The molecule has 0 aliphatic carbocycles. The number of furan rings is 1. The van der Waals surface area contributed by atoms with Crippen LogP contribution in [0.3, 0.4) is 0 Å². The number of fused-ring (bicyclic) bond motifs is 1. The molecule has 0 bridgehead atoms. The van der Waals surface area contributed by atoms with Gasteiger partial charge in [0.15, 0.2) is 5.76 Å². The zero-order chi connectivity index (χ0) is 20.6. The van der Waals surface area contributed by atoms with Crippen molar-refractivity contribution in [2.45, 2.75) is 12.6 Å². The van der Waals surface area contributed by atoms with Crippen LogP contribution >= 0.6 is 0 Å². The number of hydrogen-bond acceptors (Lipinski definition) is 3. The number of rotatable bonds is 3. The largest absolute Gasteiger partial charge is 0.459 e.